The molecule has 0 amide bonds. The molecular formula is C41H65F5O11. The van der Waals surface area contributed by atoms with E-state index in [0.29, 0.717) is 38.2 Å². The largest absolute Gasteiger partial charge is 0.463 e. The lowest BCUT2D eigenvalue weighted by Gasteiger charge is -2.64. The van der Waals surface area contributed by atoms with Gasteiger partial charge in [0.15, 0.2) is 0 Å². The highest BCUT2D eigenvalue weighted by Gasteiger charge is 2.83. The Balaban J connectivity index is 0.000000235. The van der Waals surface area contributed by atoms with Crippen molar-refractivity contribution in [3.05, 3.63) is 0 Å². The monoisotopic (exact) mass is 828 g/mol. The van der Waals surface area contributed by atoms with Crippen molar-refractivity contribution in [2.45, 2.75) is 188 Å². The van der Waals surface area contributed by atoms with Gasteiger partial charge >= 0.3 is 41.8 Å². The lowest BCUT2D eigenvalue weighted by Crippen LogP contribution is -2.63. The van der Waals surface area contributed by atoms with Gasteiger partial charge in [-0.25, -0.2) is 4.79 Å². The van der Waals surface area contributed by atoms with Gasteiger partial charge in [0.25, 0.3) is 0 Å². The summed E-state index contributed by atoms with van der Waals surface area (Å²) in [6, 6.07) is 0. The lowest BCUT2D eigenvalue weighted by atomic mass is 9.44. The van der Waals surface area contributed by atoms with Crippen LogP contribution in [-0.4, -0.2) is 88.1 Å². The van der Waals surface area contributed by atoms with Crippen molar-refractivity contribution < 1.29 is 75.0 Å². The summed E-state index contributed by atoms with van der Waals surface area (Å²) < 4.78 is 90.3. The van der Waals surface area contributed by atoms with Gasteiger partial charge in [0, 0.05) is 11.8 Å². The van der Waals surface area contributed by atoms with Crippen molar-refractivity contribution in [3.63, 3.8) is 0 Å². The molecule has 2 aliphatic heterocycles. The molecule has 330 valence electrons. The number of carbonyl (C=O) groups is 4. The van der Waals surface area contributed by atoms with Gasteiger partial charge in [-0.2, -0.15) is 22.0 Å². The summed E-state index contributed by atoms with van der Waals surface area (Å²) >= 11 is 0. The van der Waals surface area contributed by atoms with E-state index >= 15 is 0 Å². The lowest BCUT2D eigenvalue weighted by molar-refractivity contribution is -0.409. The number of hydrogen-bond acceptors (Lipinski definition) is 11. The van der Waals surface area contributed by atoms with Gasteiger partial charge in [-0.3, -0.25) is 14.4 Å². The number of hydrogen-bond donors (Lipinski definition) is 2. The average Bonchev–Trinajstić information content (AvgIpc) is 3.56. The Kier molecular flexibility index (Phi) is 13.8. The zero-order chi connectivity index (χ0) is 44.1. The van der Waals surface area contributed by atoms with E-state index < -0.39 is 70.0 Å². The van der Waals surface area contributed by atoms with E-state index in [4.69, 9.17) is 14.2 Å². The third kappa shape index (κ3) is 9.58. The van der Waals surface area contributed by atoms with Crippen LogP contribution >= 0.6 is 0 Å². The molecule has 0 spiro atoms. The van der Waals surface area contributed by atoms with Crippen LogP contribution in [0.4, 0.5) is 22.0 Å². The first-order valence-electron chi connectivity index (χ1n) is 20.0. The molecule has 6 aliphatic rings. The minimum Gasteiger partial charge on any atom is -0.463 e. The zero-order valence-corrected chi connectivity index (χ0v) is 35.7. The summed E-state index contributed by atoms with van der Waals surface area (Å²) in [6.45, 7) is 19.5. The third-order valence-electron chi connectivity index (χ3n) is 13.4. The number of rotatable bonds is 10. The summed E-state index contributed by atoms with van der Waals surface area (Å²) in [7, 11) is 0. The number of cyclic esters (lactones) is 1. The van der Waals surface area contributed by atoms with Crippen molar-refractivity contribution >= 4 is 23.9 Å². The molecule has 0 aromatic carbocycles. The van der Waals surface area contributed by atoms with Gasteiger partial charge in [0.1, 0.15) is 5.60 Å². The second-order valence-electron chi connectivity index (χ2n) is 19.6. The van der Waals surface area contributed by atoms with Gasteiger partial charge in [0.2, 0.25) is 11.7 Å². The highest BCUT2D eigenvalue weighted by molar-refractivity contribution is 5.82. The number of carbonyl (C=O) groups excluding carboxylic acids is 4. The molecule has 2 saturated heterocycles. The molecule has 4 saturated carbocycles. The quantitative estimate of drug-likeness (QED) is 0.125. The Labute approximate surface area is 333 Å². The van der Waals surface area contributed by atoms with E-state index in [2.05, 4.69) is 9.47 Å². The van der Waals surface area contributed by atoms with E-state index in [1.807, 2.05) is 41.5 Å². The average molecular weight is 829 g/mol. The van der Waals surface area contributed by atoms with Crippen LogP contribution in [0.1, 0.15) is 147 Å². The van der Waals surface area contributed by atoms with Crippen molar-refractivity contribution in [1.29, 1.82) is 0 Å². The van der Waals surface area contributed by atoms with E-state index in [-0.39, 0.29) is 29.4 Å². The molecule has 11 nitrogen and oxygen atoms in total. The fraction of sp³-hybridized carbons (Fsp3) is 0.902. The maximum Gasteiger partial charge on any atom is 0.449 e. The summed E-state index contributed by atoms with van der Waals surface area (Å²) in [5.41, 5.74) is -6.07. The fourth-order valence-corrected chi connectivity index (χ4v) is 8.13. The smallest absolute Gasteiger partial charge is 0.449 e. The van der Waals surface area contributed by atoms with Crippen LogP contribution < -0.4 is 0 Å². The molecule has 6 rings (SSSR count). The van der Waals surface area contributed by atoms with Crippen molar-refractivity contribution in [2.24, 2.45) is 33.5 Å². The molecule has 5 unspecified atom stereocenters. The molecule has 0 aromatic rings. The molecule has 0 radical (unpaired) electrons. The third-order valence-corrected chi connectivity index (χ3v) is 13.4. The van der Waals surface area contributed by atoms with Gasteiger partial charge < -0.3 is 33.9 Å². The first kappa shape index (κ1) is 48.8. The molecule has 6 fully saturated rings. The Morgan fingerprint density at radius 2 is 1.25 bits per heavy atom. The van der Waals surface area contributed by atoms with Gasteiger partial charge in [-0.1, -0.05) is 20.8 Å². The zero-order valence-electron chi connectivity index (χ0n) is 35.7. The number of ether oxygens (including phenoxy) is 5. The molecule has 57 heavy (non-hydrogen) atoms. The molecular weight excluding hydrogens is 763 g/mol. The van der Waals surface area contributed by atoms with Crippen LogP contribution in [0.3, 0.4) is 0 Å². The van der Waals surface area contributed by atoms with Crippen LogP contribution in [0.25, 0.3) is 0 Å². The SMILES string of the molecule is CCC(C)(C)C(=O)OC1(C)COC(O)(C(F)(F)F)C1(F)F.CCC(C)(C)C(=O)OC12CC3CC(C1)CC(C(C)(C)O)(C3)C2.CCC(C)(C)C(=O)OC1CCOC1=O. The van der Waals surface area contributed by atoms with Crippen molar-refractivity contribution in [3.8, 4) is 0 Å². The van der Waals surface area contributed by atoms with E-state index in [0.717, 1.165) is 38.5 Å². The number of halogens is 5. The molecule has 2 N–H and O–H groups in total. The Morgan fingerprint density at radius 1 is 0.789 bits per heavy atom. The van der Waals surface area contributed by atoms with Crippen LogP contribution in [0, 0.1) is 33.5 Å². The fourth-order valence-electron chi connectivity index (χ4n) is 8.13. The molecule has 16 heteroatoms. The van der Waals surface area contributed by atoms with Crippen molar-refractivity contribution in [2.75, 3.05) is 13.2 Å². The molecule has 4 aliphatic carbocycles. The van der Waals surface area contributed by atoms with Gasteiger partial charge in [-0.15, -0.1) is 0 Å². The summed E-state index contributed by atoms with van der Waals surface area (Å²) in [6.07, 6.45) is 2.10. The van der Waals surface area contributed by atoms with Crippen LogP contribution in [0.5, 0.6) is 0 Å². The minimum absolute atomic E-state index is 0.0529. The second kappa shape index (κ2) is 16.1. The Bertz CT molecular complexity index is 1490. The normalized spacial score (nSPS) is 33.3. The predicted octanol–water partition coefficient (Wildman–Crippen LogP) is 8.00. The number of esters is 4. The first-order chi connectivity index (χ1) is 25.6. The number of alkyl halides is 5. The summed E-state index contributed by atoms with van der Waals surface area (Å²) in [4.78, 5) is 47.1. The van der Waals surface area contributed by atoms with E-state index in [1.54, 1.807) is 20.8 Å². The van der Waals surface area contributed by atoms with Crippen LogP contribution in [0.15, 0.2) is 0 Å². The highest BCUT2D eigenvalue weighted by atomic mass is 19.4. The number of aliphatic hydroxyl groups is 2. The first-order valence-corrected chi connectivity index (χ1v) is 20.0. The standard InChI is InChI=1S/C19H32O3.C12H17F5O4.C10H16O4/c1-6-16(2,3)15(20)22-19-10-13-7-14(11-19)9-18(8-13,12-19)17(4,5)21;1-5-8(2,3)7(18)21-9(4)6-20-11(19,10(9,13)14)12(15,16)17;1-4-10(2,3)9(12)14-7-5-6-13-8(7)11/h13-14,21H,6-12H2,1-5H3;19H,5-6H2,1-4H3;7H,4-6H2,1-3H3. The maximum absolute atomic E-state index is 14.0. The maximum atomic E-state index is 14.0. The highest BCUT2D eigenvalue weighted by Crippen LogP contribution is 2.66. The molecule has 0 aromatic heterocycles. The van der Waals surface area contributed by atoms with Gasteiger partial charge in [0.05, 0.1) is 35.1 Å². The Hall–Kier alpha value is -2.59. The summed E-state index contributed by atoms with van der Waals surface area (Å²) in [5.74, 6) is -10.2. The molecule has 2 heterocycles. The van der Waals surface area contributed by atoms with E-state index in [1.165, 1.54) is 20.3 Å². The summed E-state index contributed by atoms with van der Waals surface area (Å²) in [5, 5.41) is 20.0. The Morgan fingerprint density at radius 3 is 1.63 bits per heavy atom. The van der Waals surface area contributed by atoms with Crippen LogP contribution in [0.2, 0.25) is 0 Å². The molecule has 5 atom stereocenters. The predicted molar refractivity (Wildman–Crippen MR) is 196 cm³/mol. The van der Waals surface area contributed by atoms with Crippen molar-refractivity contribution in [1.82, 2.24) is 0 Å². The second-order valence-corrected chi connectivity index (χ2v) is 19.6. The topological polar surface area (TPSA) is 155 Å². The molecule has 4 bridgehead atoms. The van der Waals surface area contributed by atoms with Crippen LogP contribution in [-0.2, 0) is 42.9 Å². The van der Waals surface area contributed by atoms with E-state index in [9.17, 15) is 51.3 Å². The minimum atomic E-state index is -5.74. The van der Waals surface area contributed by atoms with Gasteiger partial charge in [-0.05, 0) is 132 Å².